The van der Waals surface area contributed by atoms with Crippen molar-refractivity contribution in [3.05, 3.63) is 57.1 Å². The van der Waals surface area contributed by atoms with Crippen LogP contribution >= 0.6 is 27.3 Å². The first kappa shape index (κ1) is 18.5. The lowest BCUT2D eigenvalue weighted by atomic mass is 9.92. The summed E-state index contributed by atoms with van der Waals surface area (Å²) >= 11 is 4.96. The first-order valence-corrected chi connectivity index (χ1v) is 9.56. The van der Waals surface area contributed by atoms with E-state index in [0.717, 1.165) is 14.4 Å². The number of anilines is 1. The summed E-state index contributed by atoms with van der Waals surface area (Å²) in [6.07, 6.45) is 6.55. The molecular formula is C18H18BrN5OS. The third-order valence-electron chi connectivity index (χ3n) is 3.46. The molecule has 1 N–H and O–H groups in total. The van der Waals surface area contributed by atoms with Gasteiger partial charge in [-0.2, -0.15) is 9.78 Å². The molecule has 0 spiro atoms. The number of halogens is 1. The fourth-order valence-corrected chi connectivity index (χ4v) is 3.46. The fourth-order valence-electron chi connectivity index (χ4n) is 2.13. The molecule has 0 saturated carbocycles. The first-order valence-electron chi connectivity index (χ1n) is 7.95. The van der Waals surface area contributed by atoms with Gasteiger partial charge in [0.05, 0.1) is 9.48 Å². The smallest absolute Gasteiger partial charge is 0.252 e. The van der Waals surface area contributed by atoms with Gasteiger partial charge in [-0.05, 0) is 40.2 Å². The van der Waals surface area contributed by atoms with Gasteiger partial charge in [0.25, 0.3) is 5.95 Å². The Balaban J connectivity index is 1.87. The second-order valence-electron chi connectivity index (χ2n) is 6.59. The Bertz CT molecular complexity index is 940. The maximum absolute atomic E-state index is 12.3. The van der Waals surface area contributed by atoms with E-state index in [-0.39, 0.29) is 11.3 Å². The van der Waals surface area contributed by atoms with Crippen LogP contribution in [0.1, 0.15) is 31.3 Å². The molecule has 0 fully saturated rings. The van der Waals surface area contributed by atoms with Gasteiger partial charge >= 0.3 is 0 Å². The molecule has 0 unspecified atom stereocenters. The van der Waals surface area contributed by atoms with Gasteiger partial charge < -0.3 is 5.32 Å². The lowest BCUT2D eigenvalue weighted by Crippen LogP contribution is -2.14. The van der Waals surface area contributed by atoms with Crippen LogP contribution in [-0.4, -0.2) is 25.7 Å². The number of nitrogens with one attached hydrogen (secondary N) is 1. The van der Waals surface area contributed by atoms with Gasteiger partial charge in [-0.25, -0.2) is 9.97 Å². The minimum Gasteiger partial charge on any atom is -0.307 e. The van der Waals surface area contributed by atoms with Crippen LogP contribution in [0.2, 0.25) is 0 Å². The van der Waals surface area contributed by atoms with Crippen LogP contribution in [0, 0.1) is 0 Å². The Hall–Kier alpha value is -2.32. The predicted octanol–water partition coefficient (Wildman–Crippen LogP) is 4.44. The fraction of sp³-hybridized carbons (Fsp3) is 0.222. The number of hydrogen-bond acceptors (Lipinski definition) is 5. The van der Waals surface area contributed by atoms with E-state index in [1.165, 1.54) is 6.08 Å². The first-order chi connectivity index (χ1) is 12.3. The SMILES string of the molecule is CC(C)(C)c1cc(NC(=O)/C=C/c2ccc(Br)s2)n(-c2ncccn2)n1. The van der Waals surface area contributed by atoms with E-state index >= 15 is 0 Å². The van der Waals surface area contributed by atoms with Crippen molar-refractivity contribution in [2.45, 2.75) is 26.2 Å². The van der Waals surface area contributed by atoms with Crippen LogP contribution in [0.4, 0.5) is 5.82 Å². The molecule has 134 valence electrons. The average molecular weight is 432 g/mol. The van der Waals surface area contributed by atoms with E-state index in [4.69, 9.17) is 0 Å². The molecule has 0 atom stereocenters. The lowest BCUT2D eigenvalue weighted by Gasteiger charge is -2.13. The molecular weight excluding hydrogens is 414 g/mol. The summed E-state index contributed by atoms with van der Waals surface area (Å²) in [5.74, 6) is 0.694. The van der Waals surface area contributed by atoms with E-state index in [1.54, 1.807) is 40.6 Å². The molecule has 6 nitrogen and oxygen atoms in total. The van der Waals surface area contributed by atoms with Crippen molar-refractivity contribution >= 4 is 45.1 Å². The number of carbonyl (C=O) groups is 1. The van der Waals surface area contributed by atoms with E-state index in [0.29, 0.717) is 11.8 Å². The molecule has 26 heavy (non-hydrogen) atoms. The van der Waals surface area contributed by atoms with Gasteiger partial charge in [0.1, 0.15) is 5.82 Å². The van der Waals surface area contributed by atoms with E-state index in [9.17, 15) is 4.79 Å². The maximum atomic E-state index is 12.3. The Morgan fingerprint density at radius 2 is 2.00 bits per heavy atom. The van der Waals surface area contributed by atoms with Crippen LogP contribution < -0.4 is 5.32 Å². The van der Waals surface area contributed by atoms with Crippen molar-refractivity contribution in [1.82, 2.24) is 19.7 Å². The third-order valence-corrected chi connectivity index (χ3v) is 5.05. The molecule has 3 aromatic rings. The lowest BCUT2D eigenvalue weighted by molar-refractivity contribution is -0.111. The average Bonchev–Trinajstić information content (AvgIpc) is 3.20. The number of carbonyl (C=O) groups excluding carboxylic acids is 1. The minimum absolute atomic E-state index is 0.168. The second kappa shape index (κ2) is 7.51. The largest absolute Gasteiger partial charge is 0.307 e. The Morgan fingerprint density at radius 1 is 1.27 bits per heavy atom. The van der Waals surface area contributed by atoms with Crippen molar-refractivity contribution in [3.8, 4) is 5.95 Å². The van der Waals surface area contributed by atoms with Crippen LogP contribution in [0.15, 0.2) is 46.5 Å². The molecule has 0 aliphatic rings. The molecule has 3 heterocycles. The summed E-state index contributed by atoms with van der Waals surface area (Å²) in [4.78, 5) is 21.8. The van der Waals surface area contributed by atoms with E-state index < -0.39 is 0 Å². The zero-order valence-corrected chi connectivity index (χ0v) is 17.0. The summed E-state index contributed by atoms with van der Waals surface area (Å²) in [6, 6.07) is 7.47. The summed E-state index contributed by atoms with van der Waals surface area (Å²) < 4.78 is 2.57. The van der Waals surface area contributed by atoms with Gasteiger partial charge in [-0.3, -0.25) is 4.79 Å². The standard InChI is InChI=1S/C18H18BrN5OS/c1-18(2,3)13-11-15(24(23-13)17-20-9-4-10-21-17)22-16(25)8-6-12-5-7-14(19)26-12/h4-11H,1-3H3,(H,22,25)/b8-6+. The number of hydrogen-bond donors (Lipinski definition) is 1. The Kier molecular flexibility index (Phi) is 5.33. The number of aromatic nitrogens is 4. The van der Waals surface area contributed by atoms with Gasteiger partial charge in [0, 0.05) is 34.8 Å². The van der Waals surface area contributed by atoms with Crippen molar-refractivity contribution in [3.63, 3.8) is 0 Å². The van der Waals surface area contributed by atoms with Gasteiger partial charge in [0.2, 0.25) is 5.91 Å². The molecule has 0 aromatic carbocycles. The summed E-state index contributed by atoms with van der Waals surface area (Å²) in [7, 11) is 0. The number of rotatable bonds is 4. The molecule has 0 bridgehead atoms. The highest BCUT2D eigenvalue weighted by Gasteiger charge is 2.22. The minimum atomic E-state index is -0.243. The molecule has 0 saturated heterocycles. The van der Waals surface area contributed by atoms with Crippen LogP contribution in [-0.2, 0) is 10.2 Å². The van der Waals surface area contributed by atoms with E-state index in [2.05, 4.69) is 57.1 Å². The van der Waals surface area contributed by atoms with Crippen LogP contribution in [0.5, 0.6) is 0 Å². The maximum Gasteiger partial charge on any atom is 0.252 e. The normalized spacial score (nSPS) is 11.8. The molecule has 8 heteroatoms. The van der Waals surface area contributed by atoms with Crippen LogP contribution in [0.3, 0.4) is 0 Å². The van der Waals surface area contributed by atoms with Crippen molar-refractivity contribution in [2.24, 2.45) is 0 Å². The van der Waals surface area contributed by atoms with Gasteiger partial charge in [-0.1, -0.05) is 20.8 Å². The molecule has 0 radical (unpaired) electrons. The van der Waals surface area contributed by atoms with Crippen molar-refractivity contribution < 1.29 is 4.79 Å². The van der Waals surface area contributed by atoms with Crippen molar-refractivity contribution in [2.75, 3.05) is 5.32 Å². The molecule has 0 aliphatic heterocycles. The molecule has 1 amide bonds. The number of amides is 1. The Morgan fingerprint density at radius 3 is 2.62 bits per heavy atom. The van der Waals surface area contributed by atoms with Crippen molar-refractivity contribution in [1.29, 1.82) is 0 Å². The topological polar surface area (TPSA) is 72.7 Å². The van der Waals surface area contributed by atoms with Crippen LogP contribution in [0.25, 0.3) is 12.0 Å². The molecule has 3 rings (SSSR count). The van der Waals surface area contributed by atoms with Gasteiger partial charge in [-0.15, -0.1) is 11.3 Å². The number of thiophene rings is 1. The zero-order valence-electron chi connectivity index (χ0n) is 14.6. The molecule has 0 aliphatic carbocycles. The van der Waals surface area contributed by atoms with E-state index in [1.807, 2.05) is 18.2 Å². The zero-order chi connectivity index (χ0) is 18.7. The quantitative estimate of drug-likeness (QED) is 0.619. The second-order valence-corrected chi connectivity index (χ2v) is 9.08. The monoisotopic (exact) mass is 431 g/mol. The summed E-state index contributed by atoms with van der Waals surface area (Å²) in [5.41, 5.74) is 0.671. The predicted molar refractivity (Wildman–Crippen MR) is 108 cm³/mol. The van der Waals surface area contributed by atoms with Gasteiger partial charge in [0.15, 0.2) is 0 Å². The Labute approximate surface area is 164 Å². The molecule has 3 aromatic heterocycles. The highest BCUT2D eigenvalue weighted by molar-refractivity contribution is 9.11. The highest BCUT2D eigenvalue weighted by Crippen LogP contribution is 2.26. The number of nitrogens with zero attached hydrogens (tertiary/aromatic N) is 4. The highest BCUT2D eigenvalue weighted by atomic mass is 79.9. The summed E-state index contributed by atoms with van der Waals surface area (Å²) in [5, 5.41) is 7.44. The third kappa shape index (κ3) is 4.44. The summed E-state index contributed by atoms with van der Waals surface area (Å²) in [6.45, 7) is 6.18.